The smallest absolute Gasteiger partial charge is 0.188 e. The van der Waals surface area contributed by atoms with Gasteiger partial charge >= 0.3 is 0 Å². The van der Waals surface area contributed by atoms with E-state index in [-0.39, 0.29) is 0 Å². The summed E-state index contributed by atoms with van der Waals surface area (Å²) in [5, 5.41) is 3.08. The summed E-state index contributed by atoms with van der Waals surface area (Å²) in [5.41, 5.74) is 5.74. The highest BCUT2D eigenvalue weighted by Gasteiger charge is 2.43. The van der Waals surface area contributed by atoms with E-state index in [4.69, 9.17) is 5.73 Å². The lowest BCUT2D eigenvalue weighted by Crippen LogP contribution is -2.41. The van der Waals surface area contributed by atoms with E-state index in [1.807, 2.05) is 0 Å². The fourth-order valence-corrected chi connectivity index (χ4v) is 3.71. The van der Waals surface area contributed by atoms with Crippen LogP contribution in [0.3, 0.4) is 0 Å². The maximum Gasteiger partial charge on any atom is 0.188 e. The van der Waals surface area contributed by atoms with Crippen LogP contribution in [0.1, 0.15) is 38.5 Å². The lowest BCUT2D eigenvalue weighted by molar-refractivity contribution is 0.520. The predicted molar refractivity (Wildman–Crippen MR) is 68.7 cm³/mol. The van der Waals surface area contributed by atoms with Crippen molar-refractivity contribution >= 4 is 15.8 Å². The van der Waals surface area contributed by atoms with E-state index in [0.717, 1.165) is 25.7 Å². The Hall–Kier alpha value is -0.780. The Labute approximate surface area is 103 Å². The third-order valence-corrected chi connectivity index (χ3v) is 5.88. The Morgan fingerprint density at radius 2 is 2.00 bits per heavy atom. The number of sulfone groups is 1. The zero-order valence-electron chi connectivity index (χ0n) is 10.3. The van der Waals surface area contributed by atoms with Crippen molar-refractivity contribution in [2.24, 2.45) is 10.7 Å². The highest BCUT2D eigenvalue weighted by atomic mass is 32.2. The minimum Gasteiger partial charge on any atom is -0.370 e. The van der Waals surface area contributed by atoms with E-state index < -0.39 is 14.6 Å². The van der Waals surface area contributed by atoms with Crippen LogP contribution in [0.15, 0.2) is 4.99 Å². The van der Waals surface area contributed by atoms with Crippen molar-refractivity contribution in [2.75, 3.05) is 12.8 Å². The number of hydrogen-bond acceptors (Lipinski definition) is 3. The molecule has 2 fully saturated rings. The van der Waals surface area contributed by atoms with E-state index in [0.29, 0.717) is 31.4 Å². The average Bonchev–Trinajstić information content (AvgIpc) is 2.90. The molecule has 3 N–H and O–H groups in total. The van der Waals surface area contributed by atoms with Crippen molar-refractivity contribution in [1.29, 1.82) is 0 Å². The molecule has 5 nitrogen and oxygen atoms in total. The number of nitrogens with two attached hydrogens (primary N) is 1. The van der Waals surface area contributed by atoms with Crippen LogP contribution in [-0.2, 0) is 9.84 Å². The Bertz CT molecular complexity index is 406. The molecule has 0 amide bonds. The molecular weight excluding hydrogens is 238 g/mol. The molecule has 0 spiro atoms. The molecular formula is C11H21N3O2S. The second kappa shape index (κ2) is 4.48. The van der Waals surface area contributed by atoms with E-state index in [1.54, 1.807) is 0 Å². The Balaban J connectivity index is 2.03. The number of aliphatic imine (C=N–C) groups is 1. The first-order chi connectivity index (χ1) is 7.93. The molecule has 0 aromatic rings. The van der Waals surface area contributed by atoms with Gasteiger partial charge in [-0.15, -0.1) is 0 Å². The van der Waals surface area contributed by atoms with Crippen LogP contribution in [0.4, 0.5) is 0 Å². The third-order valence-electron chi connectivity index (χ3n) is 3.77. The highest BCUT2D eigenvalue weighted by Crippen LogP contribution is 2.36. The molecule has 0 aliphatic heterocycles. The molecule has 6 heteroatoms. The first-order valence-electron chi connectivity index (χ1n) is 6.19. The summed E-state index contributed by atoms with van der Waals surface area (Å²) in [4.78, 5) is 4.23. The summed E-state index contributed by atoms with van der Waals surface area (Å²) in [5.74, 6) is 0.391. The molecule has 2 aliphatic rings. The van der Waals surface area contributed by atoms with Gasteiger partial charge in [0.15, 0.2) is 15.8 Å². The fourth-order valence-electron chi connectivity index (χ4n) is 2.38. The Kier molecular flexibility index (Phi) is 3.34. The zero-order valence-corrected chi connectivity index (χ0v) is 11.1. The van der Waals surface area contributed by atoms with Gasteiger partial charge in [-0.25, -0.2) is 8.42 Å². The number of nitrogens with zero attached hydrogens (tertiary/aromatic N) is 1. The minimum absolute atomic E-state index is 0.303. The fraction of sp³-hybridized carbons (Fsp3) is 0.909. The molecule has 0 aromatic heterocycles. The van der Waals surface area contributed by atoms with Crippen LogP contribution in [0.2, 0.25) is 0 Å². The molecule has 0 aromatic carbocycles. The van der Waals surface area contributed by atoms with E-state index in [9.17, 15) is 8.42 Å². The first-order valence-corrected chi connectivity index (χ1v) is 8.08. The van der Waals surface area contributed by atoms with Crippen molar-refractivity contribution in [2.45, 2.75) is 49.3 Å². The number of hydrogen-bond donors (Lipinski definition) is 2. The largest absolute Gasteiger partial charge is 0.370 e. The van der Waals surface area contributed by atoms with Crippen molar-refractivity contribution in [3.05, 3.63) is 0 Å². The molecule has 0 atom stereocenters. The summed E-state index contributed by atoms with van der Waals surface area (Å²) >= 11 is 0. The summed E-state index contributed by atoms with van der Waals surface area (Å²) in [6, 6.07) is 0.455. The first kappa shape index (κ1) is 12.7. The lowest BCUT2D eigenvalue weighted by Gasteiger charge is -2.24. The number of guanidine groups is 1. The van der Waals surface area contributed by atoms with Crippen molar-refractivity contribution in [1.82, 2.24) is 5.32 Å². The molecule has 17 heavy (non-hydrogen) atoms. The van der Waals surface area contributed by atoms with Crippen LogP contribution in [0.25, 0.3) is 0 Å². The van der Waals surface area contributed by atoms with E-state index in [2.05, 4.69) is 10.3 Å². The SMILES string of the molecule is CS(=O)(=O)C1(CN=C(N)NC2CC2)CCCC1. The van der Waals surface area contributed by atoms with Gasteiger partial charge in [0.25, 0.3) is 0 Å². The van der Waals surface area contributed by atoms with Gasteiger partial charge in [-0.2, -0.15) is 0 Å². The quantitative estimate of drug-likeness (QED) is 0.566. The number of rotatable bonds is 4. The standard InChI is InChI=1S/C11H21N3O2S/c1-17(15,16)11(6-2-3-7-11)8-13-10(12)14-9-4-5-9/h9H,2-8H2,1H3,(H3,12,13,14). The summed E-state index contributed by atoms with van der Waals surface area (Å²) in [6.07, 6.45) is 6.95. The van der Waals surface area contributed by atoms with Crippen molar-refractivity contribution < 1.29 is 8.42 Å². The second-order valence-electron chi connectivity index (χ2n) is 5.28. The van der Waals surface area contributed by atoms with Crippen molar-refractivity contribution in [3.8, 4) is 0 Å². The van der Waals surface area contributed by atoms with Gasteiger partial charge in [0, 0.05) is 12.3 Å². The maximum absolute atomic E-state index is 11.9. The molecule has 2 aliphatic carbocycles. The Morgan fingerprint density at radius 3 is 2.47 bits per heavy atom. The molecule has 0 bridgehead atoms. The summed E-state index contributed by atoms with van der Waals surface area (Å²) in [6.45, 7) is 0.303. The van der Waals surface area contributed by atoms with E-state index >= 15 is 0 Å². The molecule has 98 valence electrons. The molecule has 0 heterocycles. The van der Waals surface area contributed by atoms with Gasteiger partial charge in [-0.3, -0.25) is 4.99 Å². The summed E-state index contributed by atoms with van der Waals surface area (Å²) in [7, 11) is -3.06. The normalized spacial score (nSPS) is 24.9. The van der Waals surface area contributed by atoms with E-state index in [1.165, 1.54) is 6.26 Å². The summed E-state index contributed by atoms with van der Waals surface area (Å²) < 4.78 is 23.1. The van der Waals surface area contributed by atoms with Crippen LogP contribution in [0.5, 0.6) is 0 Å². The topological polar surface area (TPSA) is 84.5 Å². The van der Waals surface area contributed by atoms with Crippen LogP contribution < -0.4 is 11.1 Å². The average molecular weight is 259 g/mol. The predicted octanol–water partition coefficient (Wildman–Crippen LogP) is 0.411. The van der Waals surface area contributed by atoms with Crippen LogP contribution in [-0.4, -0.2) is 38.0 Å². The van der Waals surface area contributed by atoms with Crippen LogP contribution in [0, 0.1) is 0 Å². The van der Waals surface area contributed by atoms with Gasteiger partial charge in [0.2, 0.25) is 0 Å². The van der Waals surface area contributed by atoms with Gasteiger partial charge in [-0.05, 0) is 25.7 Å². The van der Waals surface area contributed by atoms with Gasteiger partial charge in [-0.1, -0.05) is 12.8 Å². The molecule has 2 rings (SSSR count). The zero-order chi connectivity index (χ0) is 12.5. The Morgan fingerprint density at radius 1 is 1.41 bits per heavy atom. The molecule has 0 saturated heterocycles. The van der Waals surface area contributed by atoms with Crippen molar-refractivity contribution in [3.63, 3.8) is 0 Å². The van der Waals surface area contributed by atoms with Gasteiger partial charge < -0.3 is 11.1 Å². The molecule has 0 unspecified atom stereocenters. The second-order valence-corrected chi connectivity index (χ2v) is 7.69. The minimum atomic E-state index is -3.06. The maximum atomic E-state index is 11.9. The number of nitrogens with one attached hydrogen (secondary N) is 1. The van der Waals surface area contributed by atoms with Gasteiger partial charge in [0.05, 0.1) is 11.3 Å². The van der Waals surface area contributed by atoms with Crippen LogP contribution >= 0.6 is 0 Å². The lowest BCUT2D eigenvalue weighted by atomic mass is 10.1. The molecule has 2 saturated carbocycles. The monoisotopic (exact) mass is 259 g/mol. The highest BCUT2D eigenvalue weighted by molar-refractivity contribution is 7.92. The molecule has 0 radical (unpaired) electrons. The third kappa shape index (κ3) is 2.91. The van der Waals surface area contributed by atoms with Gasteiger partial charge in [0.1, 0.15) is 0 Å².